The molecule has 4 amide bonds. The molecule has 2 heterocycles. The van der Waals surface area contributed by atoms with Crippen molar-refractivity contribution in [2.24, 2.45) is 5.41 Å². The number of amides is 4. The van der Waals surface area contributed by atoms with Crippen LogP contribution in [0.2, 0.25) is 0 Å². The topological polar surface area (TPSA) is 171 Å². The van der Waals surface area contributed by atoms with Gasteiger partial charge in [-0.2, -0.15) is 0 Å². The van der Waals surface area contributed by atoms with Gasteiger partial charge in [-0.3, -0.25) is 29.3 Å². The molecule has 0 saturated carbocycles. The molecule has 1 fully saturated rings. The second-order valence-electron chi connectivity index (χ2n) is 16.0. The first-order chi connectivity index (χ1) is 26.4. The maximum absolute atomic E-state index is 14.3. The van der Waals surface area contributed by atoms with Gasteiger partial charge in [-0.15, -0.1) is 0 Å². The summed E-state index contributed by atoms with van der Waals surface area (Å²) in [5, 5.41) is 15.8. The van der Waals surface area contributed by atoms with Crippen LogP contribution in [0.4, 0.5) is 0 Å². The lowest BCUT2D eigenvalue weighted by atomic mass is 9.87. The van der Waals surface area contributed by atoms with E-state index in [-0.39, 0.29) is 55.0 Å². The number of nitrogens with one attached hydrogen (secondary N) is 6. The summed E-state index contributed by atoms with van der Waals surface area (Å²) in [6.07, 6.45) is 4.84. The predicted octanol–water partition coefficient (Wildman–Crippen LogP) is 4.06. The Labute approximate surface area is 321 Å². The third-order valence-corrected chi connectivity index (χ3v) is 10.3. The Morgan fingerprint density at radius 3 is 2.35 bits per heavy atom. The second kappa shape index (κ2) is 17.4. The third-order valence-electron chi connectivity index (χ3n) is 10.3. The second-order valence-corrected chi connectivity index (χ2v) is 16.0. The van der Waals surface area contributed by atoms with Gasteiger partial charge in [0.2, 0.25) is 17.7 Å². The first kappa shape index (κ1) is 39.4. The molecule has 4 aromatic rings. The fraction of sp³-hybridized carbons (Fsp3) is 0.419. The monoisotopic (exact) mass is 748 g/mol. The molecule has 1 aromatic heterocycles. The van der Waals surface area contributed by atoms with Crippen molar-refractivity contribution in [1.82, 2.24) is 31.6 Å². The highest BCUT2D eigenvalue weighted by atomic mass is 16.5. The van der Waals surface area contributed by atoms with E-state index in [9.17, 15) is 24.0 Å². The molecule has 6 rings (SSSR count). The smallest absolute Gasteiger partial charge is 0.292 e. The minimum Gasteiger partial charge on any atom is -0.377 e. The van der Waals surface area contributed by atoms with Crippen LogP contribution in [0.25, 0.3) is 10.9 Å². The zero-order valence-corrected chi connectivity index (χ0v) is 31.8. The number of hydrogen-bond donors (Lipinski definition) is 6. The summed E-state index contributed by atoms with van der Waals surface area (Å²) in [4.78, 5) is 71.1. The van der Waals surface area contributed by atoms with Gasteiger partial charge in [0, 0.05) is 30.2 Å². The van der Waals surface area contributed by atoms with Gasteiger partial charge >= 0.3 is 0 Å². The molecule has 0 spiro atoms. The lowest BCUT2D eigenvalue weighted by molar-refractivity contribution is -0.135. The van der Waals surface area contributed by atoms with Crippen LogP contribution in [0.3, 0.4) is 0 Å². The Morgan fingerprint density at radius 2 is 1.60 bits per heavy atom. The number of carbonyl (C=O) groups is 5. The van der Waals surface area contributed by atoms with Crippen LogP contribution < -0.4 is 26.6 Å². The Balaban J connectivity index is 1.18. The number of ketones is 1. The number of para-hydroxylation sites is 1. The Kier molecular flexibility index (Phi) is 12.5. The van der Waals surface area contributed by atoms with E-state index in [1.54, 1.807) is 12.1 Å². The lowest BCUT2D eigenvalue weighted by Crippen LogP contribution is -2.70. The number of fused-ring (bicyclic) bond motifs is 2. The summed E-state index contributed by atoms with van der Waals surface area (Å²) in [5.41, 5.74) is 3.17. The first-order valence-electron chi connectivity index (χ1n) is 19.1. The molecule has 12 nitrogen and oxygen atoms in total. The number of Topliss-reactive ketones (excluding diaryl/α,β-unsaturated/α-hetero) is 1. The van der Waals surface area contributed by atoms with Crippen LogP contribution >= 0.6 is 0 Å². The molecule has 6 N–H and O–H groups in total. The van der Waals surface area contributed by atoms with E-state index in [1.807, 2.05) is 81.4 Å². The number of ether oxygens (including phenoxy) is 1. The molecule has 0 bridgehead atoms. The molecule has 3 aromatic carbocycles. The van der Waals surface area contributed by atoms with E-state index in [4.69, 9.17) is 4.74 Å². The SMILES string of the molecule is CC(C)(C)CNC(=O)CC(NC1(CNC(=O)C(=O)c2c[nH]c3ccccc23)COC1)C(=O)NC(CCc1ccccc1)C(=O)N[C@@H]1CCCc2ccccc21. The van der Waals surface area contributed by atoms with Crippen molar-refractivity contribution in [3.63, 3.8) is 0 Å². The predicted molar refractivity (Wildman–Crippen MR) is 210 cm³/mol. The van der Waals surface area contributed by atoms with Gasteiger partial charge in [-0.25, -0.2) is 0 Å². The molecule has 12 heteroatoms. The zero-order chi connectivity index (χ0) is 39.0. The number of aromatic amines is 1. The van der Waals surface area contributed by atoms with Crippen LogP contribution in [0.1, 0.15) is 79.5 Å². The molecule has 1 aliphatic heterocycles. The first-order valence-corrected chi connectivity index (χ1v) is 19.1. The number of carbonyl (C=O) groups excluding carboxylic acids is 5. The molecule has 290 valence electrons. The van der Waals surface area contributed by atoms with Crippen molar-refractivity contribution in [1.29, 1.82) is 0 Å². The van der Waals surface area contributed by atoms with Crippen molar-refractivity contribution in [2.75, 3.05) is 26.3 Å². The van der Waals surface area contributed by atoms with E-state index in [0.29, 0.717) is 24.8 Å². The summed E-state index contributed by atoms with van der Waals surface area (Å²) in [5.74, 6) is -2.68. The van der Waals surface area contributed by atoms with Crippen LogP contribution in [0.15, 0.2) is 85.1 Å². The molecular formula is C43H52N6O6. The standard InChI is InChI=1S/C43H52N6O6/c1-42(2,3)24-45-37(50)22-36(49-43(26-55-27-43)25-46-41(54)38(51)32-23-44-33-18-10-9-17-31(32)33)40(53)48-35(21-20-28-12-5-4-6-13-28)39(52)47-34-19-11-15-29-14-7-8-16-30(29)34/h4-10,12-14,16-18,23,34-36,44,49H,11,15,19-22,24-27H2,1-3H3,(H,45,50)(H,46,54)(H,47,52)(H,48,53)/t34-,35?,36?/m1/s1. The summed E-state index contributed by atoms with van der Waals surface area (Å²) in [6, 6.07) is 22.9. The summed E-state index contributed by atoms with van der Waals surface area (Å²) < 4.78 is 5.56. The Hall–Kier alpha value is -5.33. The van der Waals surface area contributed by atoms with E-state index >= 15 is 0 Å². The molecule has 3 atom stereocenters. The van der Waals surface area contributed by atoms with Crippen molar-refractivity contribution >= 4 is 40.3 Å². The highest BCUT2D eigenvalue weighted by Crippen LogP contribution is 2.30. The number of hydrogen-bond acceptors (Lipinski definition) is 7. The Morgan fingerprint density at radius 1 is 0.873 bits per heavy atom. The van der Waals surface area contributed by atoms with Gasteiger partial charge in [0.25, 0.3) is 11.7 Å². The number of benzene rings is 3. The molecule has 1 saturated heterocycles. The number of H-pyrrole nitrogens is 1. The summed E-state index contributed by atoms with van der Waals surface area (Å²) >= 11 is 0. The van der Waals surface area contributed by atoms with E-state index < -0.39 is 35.2 Å². The van der Waals surface area contributed by atoms with Crippen molar-refractivity contribution < 1.29 is 28.7 Å². The van der Waals surface area contributed by atoms with Gasteiger partial charge in [0.1, 0.15) is 6.04 Å². The van der Waals surface area contributed by atoms with Gasteiger partial charge in [0.05, 0.1) is 42.8 Å². The quantitative estimate of drug-likeness (QED) is 0.0742. The van der Waals surface area contributed by atoms with Gasteiger partial charge in [0.15, 0.2) is 0 Å². The molecule has 1 aliphatic carbocycles. The number of aromatic nitrogens is 1. The number of aryl methyl sites for hydroxylation is 2. The highest BCUT2D eigenvalue weighted by molar-refractivity contribution is 6.45. The van der Waals surface area contributed by atoms with Crippen LogP contribution in [0.5, 0.6) is 0 Å². The summed E-state index contributed by atoms with van der Waals surface area (Å²) in [6.45, 7) is 6.60. The van der Waals surface area contributed by atoms with Crippen LogP contribution in [-0.4, -0.2) is 78.3 Å². The maximum atomic E-state index is 14.3. The van der Waals surface area contributed by atoms with Crippen molar-refractivity contribution in [3.8, 4) is 0 Å². The maximum Gasteiger partial charge on any atom is 0.292 e. The average Bonchev–Trinajstić information content (AvgIpc) is 3.60. The fourth-order valence-electron chi connectivity index (χ4n) is 7.17. The lowest BCUT2D eigenvalue weighted by Gasteiger charge is -2.44. The largest absolute Gasteiger partial charge is 0.377 e. The van der Waals surface area contributed by atoms with Crippen LogP contribution in [-0.2, 0) is 36.8 Å². The minimum atomic E-state index is -1.09. The highest BCUT2D eigenvalue weighted by Gasteiger charge is 2.43. The third kappa shape index (κ3) is 10.3. The molecule has 2 unspecified atom stereocenters. The average molecular weight is 749 g/mol. The molecular weight excluding hydrogens is 697 g/mol. The fourth-order valence-corrected chi connectivity index (χ4v) is 7.17. The van der Waals surface area contributed by atoms with Gasteiger partial charge in [-0.1, -0.05) is 93.6 Å². The van der Waals surface area contributed by atoms with Gasteiger partial charge in [-0.05, 0) is 60.3 Å². The van der Waals surface area contributed by atoms with E-state index in [2.05, 4.69) is 37.6 Å². The zero-order valence-electron chi connectivity index (χ0n) is 31.8. The summed E-state index contributed by atoms with van der Waals surface area (Å²) in [7, 11) is 0. The van der Waals surface area contributed by atoms with Crippen LogP contribution in [0, 0.1) is 5.41 Å². The van der Waals surface area contributed by atoms with Gasteiger partial charge < -0.3 is 31.0 Å². The van der Waals surface area contributed by atoms with E-state index in [0.717, 1.165) is 35.9 Å². The number of rotatable bonds is 16. The molecule has 55 heavy (non-hydrogen) atoms. The van der Waals surface area contributed by atoms with Crippen molar-refractivity contribution in [2.45, 2.75) is 83.0 Å². The molecule has 2 aliphatic rings. The minimum absolute atomic E-state index is 0.0354. The van der Waals surface area contributed by atoms with Crippen molar-refractivity contribution in [3.05, 3.63) is 107 Å². The Bertz CT molecular complexity index is 2000. The normalized spacial score (nSPS) is 17.2. The van der Waals surface area contributed by atoms with E-state index in [1.165, 1.54) is 11.8 Å². The molecule has 0 radical (unpaired) electrons.